The van der Waals surface area contributed by atoms with Crippen molar-refractivity contribution < 1.29 is 0 Å². The minimum Gasteiger partial charge on any atom is -0.371 e. The van der Waals surface area contributed by atoms with Crippen molar-refractivity contribution in [2.24, 2.45) is 4.99 Å². The summed E-state index contributed by atoms with van der Waals surface area (Å²) >= 11 is 6.39. The fourth-order valence-corrected chi connectivity index (χ4v) is 4.31. The first-order valence-corrected chi connectivity index (χ1v) is 10.5. The van der Waals surface area contributed by atoms with Crippen LogP contribution >= 0.6 is 11.6 Å². The van der Waals surface area contributed by atoms with Gasteiger partial charge in [0.25, 0.3) is 0 Å². The van der Waals surface area contributed by atoms with E-state index in [9.17, 15) is 0 Å². The van der Waals surface area contributed by atoms with E-state index in [2.05, 4.69) is 47.9 Å². The van der Waals surface area contributed by atoms with Crippen LogP contribution < -0.4 is 10.6 Å². The molecule has 27 heavy (non-hydrogen) atoms. The monoisotopic (exact) mass is 383 g/mol. The lowest BCUT2D eigenvalue weighted by molar-refractivity contribution is 0.402. The van der Waals surface area contributed by atoms with Gasteiger partial charge in [-0.25, -0.2) is 0 Å². The average Bonchev–Trinajstić information content (AvgIpc) is 2.71. The van der Waals surface area contributed by atoms with Crippen molar-refractivity contribution in [2.75, 3.05) is 10.6 Å². The Bertz CT molecular complexity index is 794. The normalized spacial score (nSPS) is 19.9. The lowest BCUT2D eigenvalue weighted by Gasteiger charge is -2.44. The molecular formula is C23H30ClN3. The standard InChI is InChI=1S/C21H24ClN3.C2H6/c1-15(16-9-3-4-10-17(16)22)23-20-21(13-7-2-8-14-21)25-19-12-6-5-11-18(19)24-20;1-2/h3-6,9-12,15,25H,2,7-8,13-14H2,1H3,(H,23,24);1-2H3. The third kappa shape index (κ3) is 4.14. The van der Waals surface area contributed by atoms with Crippen molar-refractivity contribution in [3.8, 4) is 0 Å². The van der Waals surface area contributed by atoms with E-state index in [4.69, 9.17) is 16.6 Å². The van der Waals surface area contributed by atoms with Gasteiger partial charge in [-0.05, 0) is 43.5 Å². The van der Waals surface area contributed by atoms with Gasteiger partial charge in [0.2, 0.25) is 0 Å². The predicted molar refractivity (Wildman–Crippen MR) is 118 cm³/mol. The maximum Gasteiger partial charge on any atom is 0.127 e. The number of hydrogen-bond donors (Lipinski definition) is 2. The summed E-state index contributed by atoms with van der Waals surface area (Å²) in [6, 6.07) is 16.4. The lowest BCUT2D eigenvalue weighted by atomic mass is 9.79. The molecule has 0 amide bonds. The average molecular weight is 384 g/mol. The molecule has 1 heterocycles. The molecule has 0 bridgehead atoms. The van der Waals surface area contributed by atoms with Crippen molar-refractivity contribution in [1.82, 2.24) is 0 Å². The molecule has 1 unspecified atom stereocenters. The molecule has 2 aromatic carbocycles. The number of nitrogens with zero attached hydrogens (tertiary/aromatic N) is 1. The summed E-state index contributed by atoms with van der Waals surface area (Å²) in [5, 5.41) is 8.21. The molecule has 1 fully saturated rings. The molecule has 1 aliphatic carbocycles. The van der Waals surface area contributed by atoms with E-state index in [1.807, 2.05) is 32.0 Å². The van der Waals surface area contributed by atoms with Crippen molar-refractivity contribution >= 4 is 28.8 Å². The van der Waals surface area contributed by atoms with E-state index in [1.54, 1.807) is 0 Å². The van der Waals surface area contributed by atoms with Crippen LogP contribution in [0.1, 0.15) is 64.5 Å². The second kappa shape index (κ2) is 8.79. The Morgan fingerprint density at radius 3 is 2.26 bits per heavy atom. The maximum absolute atomic E-state index is 6.39. The summed E-state index contributed by atoms with van der Waals surface area (Å²) in [6.45, 7) is 6.12. The van der Waals surface area contributed by atoms with Crippen molar-refractivity contribution in [3.63, 3.8) is 0 Å². The highest BCUT2D eigenvalue weighted by molar-refractivity contribution is 6.31. The van der Waals surface area contributed by atoms with Crippen LogP contribution in [0.5, 0.6) is 0 Å². The molecule has 4 heteroatoms. The molecule has 1 aliphatic heterocycles. The van der Waals surface area contributed by atoms with Gasteiger partial charge in [-0.2, -0.15) is 0 Å². The first-order valence-electron chi connectivity index (χ1n) is 10.1. The topological polar surface area (TPSA) is 36.4 Å². The highest BCUT2D eigenvalue weighted by Gasteiger charge is 2.41. The van der Waals surface area contributed by atoms with E-state index in [-0.39, 0.29) is 11.6 Å². The first kappa shape index (κ1) is 19.8. The van der Waals surface area contributed by atoms with Crippen molar-refractivity contribution in [1.29, 1.82) is 0 Å². The summed E-state index contributed by atoms with van der Waals surface area (Å²) in [4.78, 5) is 5.10. The summed E-state index contributed by atoms with van der Waals surface area (Å²) in [5.41, 5.74) is 3.27. The fourth-order valence-electron chi connectivity index (χ4n) is 4.02. The highest BCUT2D eigenvalue weighted by Crippen LogP contribution is 2.40. The number of hydrogen-bond acceptors (Lipinski definition) is 2. The van der Waals surface area contributed by atoms with E-state index in [1.165, 1.54) is 24.9 Å². The van der Waals surface area contributed by atoms with Crippen LogP contribution in [0.2, 0.25) is 5.02 Å². The van der Waals surface area contributed by atoms with Crippen LogP contribution in [0.3, 0.4) is 0 Å². The van der Waals surface area contributed by atoms with Gasteiger partial charge in [-0.3, -0.25) is 4.99 Å². The number of amidine groups is 1. The SMILES string of the molecule is CC.CC(N=C1Nc2ccccc2NC12CCCCC2)c1ccccc1Cl. The molecule has 2 aromatic rings. The van der Waals surface area contributed by atoms with Gasteiger partial charge >= 0.3 is 0 Å². The van der Waals surface area contributed by atoms with Crippen LogP contribution in [-0.2, 0) is 0 Å². The third-order valence-corrected chi connectivity index (χ3v) is 5.74. The third-order valence-electron chi connectivity index (χ3n) is 5.39. The molecule has 144 valence electrons. The molecule has 3 nitrogen and oxygen atoms in total. The first-order chi connectivity index (χ1) is 13.2. The van der Waals surface area contributed by atoms with Gasteiger partial charge in [-0.1, -0.05) is 75.0 Å². The van der Waals surface area contributed by atoms with E-state index < -0.39 is 0 Å². The number of anilines is 2. The lowest BCUT2D eigenvalue weighted by Crippen LogP contribution is -2.53. The number of benzene rings is 2. The Labute approximate surface area is 168 Å². The summed E-state index contributed by atoms with van der Waals surface area (Å²) < 4.78 is 0. The minimum absolute atomic E-state index is 0.0158. The fraction of sp³-hybridized carbons (Fsp3) is 0.435. The maximum atomic E-state index is 6.39. The van der Waals surface area contributed by atoms with Crippen LogP contribution in [0.4, 0.5) is 11.4 Å². The molecule has 0 saturated heterocycles. The minimum atomic E-state index is -0.0812. The Kier molecular flexibility index (Phi) is 6.43. The second-order valence-electron chi connectivity index (χ2n) is 7.11. The Hall–Kier alpha value is -2.00. The van der Waals surface area contributed by atoms with E-state index in [0.29, 0.717) is 0 Å². The van der Waals surface area contributed by atoms with Crippen LogP contribution in [-0.4, -0.2) is 11.4 Å². The molecule has 1 spiro atoms. The number of nitrogens with one attached hydrogen (secondary N) is 2. The summed E-state index contributed by atoms with van der Waals surface area (Å²) in [5.74, 6) is 1.05. The largest absolute Gasteiger partial charge is 0.371 e. The van der Waals surface area contributed by atoms with Gasteiger partial charge in [-0.15, -0.1) is 0 Å². The van der Waals surface area contributed by atoms with E-state index in [0.717, 1.165) is 35.0 Å². The smallest absolute Gasteiger partial charge is 0.127 e. The summed E-state index contributed by atoms with van der Waals surface area (Å²) in [7, 11) is 0. The van der Waals surface area contributed by atoms with Gasteiger partial charge in [0.15, 0.2) is 0 Å². The van der Waals surface area contributed by atoms with Crippen LogP contribution in [0, 0.1) is 0 Å². The molecule has 2 N–H and O–H groups in total. The zero-order valence-corrected chi connectivity index (χ0v) is 17.3. The molecule has 0 aromatic heterocycles. The Morgan fingerprint density at radius 2 is 1.56 bits per heavy atom. The highest BCUT2D eigenvalue weighted by atomic mass is 35.5. The van der Waals surface area contributed by atoms with Crippen molar-refractivity contribution in [2.45, 2.75) is 64.5 Å². The molecule has 4 rings (SSSR count). The number of halogens is 1. The number of rotatable bonds is 2. The number of aliphatic imine (C=N–C) groups is 1. The second-order valence-corrected chi connectivity index (χ2v) is 7.52. The van der Waals surface area contributed by atoms with Crippen LogP contribution in [0.25, 0.3) is 0 Å². The zero-order chi connectivity index (χ0) is 19.3. The molecule has 1 atom stereocenters. The van der Waals surface area contributed by atoms with Gasteiger partial charge in [0, 0.05) is 5.02 Å². The summed E-state index contributed by atoms with van der Waals surface area (Å²) in [6.07, 6.45) is 6.00. The van der Waals surface area contributed by atoms with Crippen molar-refractivity contribution in [3.05, 3.63) is 59.1 Å². The molecule has 1 saturated carbocycles. The zero-order valence-electron chi connectivity index (χ0n) is 16.6. The van der Waals surface area contributed by atoms with E-state index >= 15 is 0 Å². The predicted octanol–water partition coefficient (Wildman–Crippen LogP) is 7.07. The quantitative estimate of drug-likeness (QED) is 0.581. The molecular weight excluding hydrogens is 354 g/mol. The number of fused-ring (bicyclic) bond motifs is 1. The Morgan fingerprint density at radius 1 is 0.926 bits per heavy atom. The van der Waals surface area contributed by atoms with Gasteiger partial charge in [0.1, 0.15) is 5.84 Å². The van der Waals surface area contributed by atoms with Gasteiger partial charge in [0.05, 0.1) is 23.0 Å². The van der Waals surface area contributed by atoms with Crippen LogP contribution in [0.15, 0.2) is 53.5 Å². The number of para-hydroxylation sites is 2. The Balaban J connectivity index is 0.00000102. The molecule has 0 radical (unpaired) electrons. The molecule has 2 aliphatic rings. The van der Waals surface area contributed by atoms with Gasteiger partial charge < -0.3 is 10.6 Å².